The van der Waals surface area contributed by atoms with Crippen LogP contribution in [0.1, 0.15) is 36.8 Å². The number of aromatic nitrogens is 4. The topological polar surface area (TPSA) is 38.9 Å². The number of likely N-dealkylation sites (tertiary alicyclic amines) is 1. The van der Waals surface area contributed by atoms with E-state index in [0.29, 0.717) is 6.04 Å². The van der Waals surface area contributed by atoms with Crippen molar-refractivity contribution in [1.29, 1.82) is 0 Å². The monoisotopic (exact) mass is 349 g/mol. The van der Waals surface area contributed by atoms with Crippen molar-refractivity contribution >= 4 is 15.9 Å². The van der Waals surface area contributed by atoms with Gasteiger partial charge in [0.2, 0.25) is 0 Å². The second-order valence-corrected chi connectivity index (χ2v) is 7.01. The van der Waals surface area contributed by atoms with E-state index in [0.717, 1.165) is 37.1 Å². The molecule has 2 aliphatic heterocycles. The van der Waals surface area contributed by atoms with Crippen molar-refractivity contribution in [2.75, 3.05) is 13.1 Å². The van der Waals surface area contributed by atoms with Crippen LogP contribution < -0.4 is 0 Å². The molecule has 21 heavy (non-hydrogen) atoms. The normalized spacial score (nSPS) is 22.6. The summed E-state index contributed by atoms with van der Waals surface area (Å²) in [6, 6.07) is 0.500. The number of nitrogens with zero attached hydrogens (tertiary/aromatic N) is 5. The predicted octanol–water partition coefficient (Wildman–Crippen LogP) is 2.63. The summed E-state index contributed by atoms with van der Waals surface area (Å²) in [5, 5.41) is 4.43. The highest BCUT2D eigenvalue weighted by atomic mass is 79.9. The van der Waals surface area contributed by atoms with Gasteiger partial charge in [0.1, 0.15) is 5.82 Å². The van der Waals surface area contributed by atoms with Crippen LogP contribution in [0.3, 0.4) is 0 Å². The van der Waals surface area contributed by atoms with Crippen LogP contribution in [0, 0.1) is 0 Å². The maximum atomic E-state index is 4.59. The highest BCUT2D eigenvalue weighted by Crippen LogP contribution is 2.25. The fourth-order valence-electron chi connectivity index (χ4n) is 3.52. The molecule has 4 heterocycles. The zero-order valence-corrected chi connectivity index (χ0v) is 13.7. The van der Waals surface area contributed by atoms with Gasteiger partial charge in [0.25, 0.3) is 0 Å². The van der Waals surface area contributed by atoms with Gasteiger partial charge in [-0.3, -0.25) is 9.58 Å². The molecule has 6 heteroatoms. The summed E-state index contributed by atoms with van der Waals surface area (Å²) in [6.45, 7) is 4.39. The molecule has 2 aliphatic rings. The zero-order valence-electron chi connectivity index (χ0n) is 12.1. The molecule has 0 aromatic carbocycles. The standard InChI is InChI=1S/C15H20BrN5/c16-12-7-18-21(9-12)13-4-6-19(10-13)11-14-8-17-15-3-1-2-5-20(14)15/h7-9,13H,1-6,10-11H2. The lowest BCUT2D eigenvalue weighted by molar-refractivity contribution is 0.300. The third-order valence-electron chi connectivity index (χ3n) is 4.63. The molecule has 1 saturated heterocycles. The molecular formula is C15H20BrN5. The van der Waals surface area contributed by atoms with Gasteiger partial charge >= 0.3 is 0 Å². The minimum absolute atomic E-state index is 0.500. The van der Waals surface area contributed by atoms with E-state index in [2.05, 4.69) is 52.6 Å². The minimum Gasteiger partial charge on any atom is -0.331 e. The molecule has 2 aromatic rings. The van der Waals surface area contributed by atoms with Gasteiger partial charge in [-0.15, -0.1) is 0 Å². The zero-order chi connectivity index (χ0) is 14.2. The summed E-state index contributed by atoms with van der Waals surface area (Å²) in [7, 11) is 0. The van der Waals surface area contributed by atoms with Crippen LogP contribution in [0.15, 0.2) is 23.1 Å². The summed E-state index contributed by atoms with van der Waals surface area (Å²) < 4.78 is 5.59. The Morgan fingerprint density at radius 1 is 1.24 bits per heavy atom. The first kappa shape index (κ1) is 13.5. The minimum atomic E-state index is 0.500. The SMILES string of the molecule is Brc1cnn(C2CCN(Cc3cnc4n3CCCC4)C2)c1. The van der Waals surface area contributed by atoms with Crippen LogP contribution in [-0.4, -0.2) is 37.3 Å². The van der Waals surface area contributed by atoms with Crippen molar-refractivity contribution in [1.82, 2.24) is 24.2 Å². The molecule has 0 radical (unpaired) electrons. The number of rotatable bonds is 3. The summed E-state index contributed by atoms with van der Waals surface area (Å²) in [5.41, 5.74) is 1.38. The van der Waals surface area contributed by atoms with E-state index in [1.165, 1.54) is 30.8 Å². The Morgan fingerprint density at radius 2 is 2.19 bits per heavy atom. The Morgan fingerprint density at radius 3 is 3.05 bits per heavy atom. The lowest BCUT2D eigenvalue weighted by atomic mass is 10.1. The van der Waals surface area contributed by atoms with Gasteiger partial charge in [0.15, 0.2) is 0 Å². The summed E-state index contributed by atoms with van der Waals surface area (Å²) in [4.78, 5) is 7.12. The largest absolute Gasteiger partial charge is 0.331 e. The van der Waals surface area contributed by atoms with Crippen molar-refractivity contribution in [2.45, 2.75) is 44.8 Å². The fourth-order valence-corrected chi connectivity index (χ4v) is 3.82. The first-order chi connectivity index (χ1) is 10.3. The molecule has 0 aliphatic carbocycles. The average molecular weight is 350 g/mol. The van der Waals surface area contributed by atoms with E-state index < -0.39 is 0 Å². The molecule has 2 aromatic heterocycles. The van der Waals surface area contributed by atoms with Gasteiger partial charge in [-0.25, -0.2) is 4.98 Å². The molecular weight excluding hydrogens is 330 g/mol. The van der Waals surface area contributed by atoms with Gasteiger partial charge in [0.05, 0.1) is 22.4 Å². The van der Waals surface area contributed by atoms with Crippen molar-refractivity contribution in [3.05, 3.63) is 34.6 Å². The Hall–Kier alpha value is -1.14. The van der Waals surface area contributed by atoms with Crippen LogP contribution in [0.25, 0.3) is 0 Å². The third kappa shape index (κ3) is 2.66. The Labute approximate surface area is 133 Å². The van der Waals surface area contributed by atoms with E-state index in [9.17, 15) is 0 Å². The summed E-state index contributed by atoms with van der Waals surface area (Å²) in [6.07, 6.45) is 10.9. The maximum absolute atomic E-state index is 4.59. The van der Waals surface area contributed by atoms with E-state index in [-0.39, 0.29) is 0 Å². The van der Waals surface area contributed by atoms with Gasteiger partial charge in [-0.1, -0.05) is 0 Å². The predicted molar refractivity (Wildman–Crippen MR) is 84.0 cm³/mol. The molecule has 1 atom stereocenters. The lowest BCUT2D eigenvalue weighted by Gasteiger charge is -2.20. The number of aryl methyl sites for hydroxylation is 1. The number of fused-ring (bicyclic) bond motifs is 1. The molecule has 0 N–H and O–H groups in total. The van der Waals surface area contributed by atoms with Crippen LogP contribution in [0.2, 0.25) is 0 Å². The van der Waals surface area contributed by atoms with E-state index in [1.807, 2.05) is 6.20 Å². The second kappa shape index (κ2) is 5.57. The number of hydrogen-bond donors (Lipinski definition) is 0. The highest BCUT2D eigenvalue weighted by molar-refractivity contribution is 9.10. The van der Waals surface area contributed by atoms with Crippen LogP contribution >= 0.6 is 15.9 Å². The first-order valence-corrected chi connectivity index (χ1v) is 8.54. The van der Waals surface area contributed by atoms with E-state index in [1.54, 1.807) is 0 Å². The van der Waals surface area contributed by atoms with Crippen LogP contribution in [-0.2, 0) is 19.5 Å². The molecule has 112 valence electrons. The lowest BCUT2D eigenvalue weighted by Crippen LogP contribution is -2.24. The van der Waals surface area contributed by atoms with E-state index >= 15 is 0 Å². The number of hydrogen-bond acceptors (Lipinski definition) is 3. The van der Waals surface area contributed by atoms with Crippen LogP contribution in [0.5, 0.6) is 0 Å². The molecule has 0 bridgehead atoms. The number of halogens is 1. The third-order valence-corrected chi connectivity index (χ3v) is 5.04. The van der Waals surface area contributed by atoms with Crippen LogP contribution in [0.4, 0.5) is 0 Å². The maximum Gasteiger partial charge on any atom is 0.108 e. The average Bonchev–Trinajstić information content (AvgIpc) is 3.20. The van der Waals surface area contributed by atoms with Crippen molar-refractivity contribution in [3.63, 3.8) is 0 Å². The van der Waals surface area contributed by atoms with Gasteiger partial charge in [-0.05, 0) is 35.2 Å². The Balaban J connectivity index is 1.43. The first-order valence-electron chi connectivity index (χ1n) is 7.75. The Bertz CT molecular complexity index is 632. The van der Waals surface area contributed by atoms with Crippen molar-refractivity contribution in [2.24, 2.45) is 0 Å². The van der Waals surface area contributed by atoms with Crippen molar-refractivity contribution in [3.8, 4) is 0 Å². The highest BCUT2D eigenvalue weighted by Gasteiger charge is 2.26. The quantitative estimate of drug-likeness (QED) is 0.854. The second-order valence-electron chi connectivity index (χ2n) is 6.09. The molecule has 1 unspecified atom stereocenters. The van der Waals surface area contributed by atoms with Gasteiger partial charge in [-0.2, -0.15) is 5.10 Å². The van der Waals surface area contributed by atoms with E-state index in [4.69, 9.17) is 0 Å². The molecule has 5 nitrogen and oxygen atoms in total. The smallest absolute Gasteiger partial charge is 0.108 e. The molecule has 0 amide bonds. The molecule has 0 spiro atoms. The molecule has 4 rings (SSSR count). The Kier molecular flexibility index (Phi) is 3.59. The van der Waals surface area contributed by atoms with Gasteiger partial charge in [0, 0.05) is 45.0 Å². The fraction of sp³-hybridized carbons (Fsp3) is 0.600. The summed E-state index contributed by atoms with van der Waals surface area (Å²) in [5.74, 6) is 1.28. The van der Waals surface area contributed by atoms with Gasteiger partial charge < -0.3 is 4.57 Å². The molecule has 1 fully saturated rings. The number of imidazole rings is 1. The molecule has 0 saturated carbocycles. The summed E-state index contributed by atoms with van der Waals surface area (Å²) >= 11 is 3.48. The van der Waals surface area contributed by atoms with Crippen molar-refractivity contribution < 1.29 is 0 Å².